The molecule has 1 aromatic heterocycles. The van der Waals surface area contributed by atoms with Gasteiger partial charge in [-0.2, -0.15) is 0 Å². The normalized spacial score (nSPS) is 23.2. The fourth-order valence-corrected chi connectivity index (χ4v) is 3.86. The topological polar surface area (TPSA) is 29.9 Å². The van der Waals surface area contributed by atoms with E-state index in [0.29, 0.717) is 12.1 Å². The summed E-state index contributed by atoms with van der Waals surface area (Å²) in [4.78, 5) is 4.59. The second kappa shape index (κ2) is 7.14. The van der Waals surface area contributed by atoms with Crippen molar-refractivity contribution in [2.45, 2.75) is 89.1 Å². The lowest BCUT2D eigenvalue weighted by atomic mass is 9.95. The Bertz CT molecular complexity index is 385. The zero-order valence-corrected chi connectivity index (χ0v) is 12.7. The minimum atomic E-state index is 0.639. The van der Waals surface area contributed by atoms with E-state index < -0.39 is 0 Å². The molecule has 3 nitrogen and oxygen atoms in total. The highest BCUT2D eigenvalue weighted by atomic mass is 15.2. The molecule has 0 aromatic carbocycles. The summed E-state index contributed by atoms with van der Waals surface area (Å²) in [6.45, 7) is 0. The minimum Gasteiger partial charge on any atom is -0.353 e. The first-order valence-electron chi connectivity index (χ1n) is 8.73. The second-order valence-corrected chi connectivity index (χ2v) is 6.64. The molecule has 0 spiro atoms. The maximum atomic E-state index is 4.59. The van der Waals surface area contributed by atoms with E-state index in [0.717, 1.165) is 5.95 Å². The molecule has 1 heterocycles. The third-order valence-corrected chi connectivity index (χ3v) is 5.08. The number of hydrogen-bond acceptors (Lipinski definition) is 2. The molecule has 0 unspecified atom stereocenters. The molecule has 0 atom stereocenters. The van der Waals surface area contributed by atoms with Gasteiger partial charge < -0.3 is 9.88 Å². The van der Waals surface area contributed by atoms with E-state index in [1.807, 2.05) is 6.20 Å². The number of anilines is 1. The van der Waals surface area contributed by atoms with E-state index in [1.54, 1.807) is 0 Å². The second-order valence-electron chi connectivity index (χ2n) is 6.64. The Hall–Kier alpha value is -0.990. The van der Waals surface area contributed by atoms with E-state index in [2.05, 4.69) is 21.1 Å². The first kappa shape index (κ1) is 14.0. The zero-order chi connectivity index (χ0) is 13.6. The van der Waals surface area contributed by atoms with Crippen molar-refractivity contribution >= 4 is 5.95 Å². The van der Waals surface area contributed by atoms with Crippen LogP contribution in [0.5, 0.6) is 0 Å². The van der Waals surface area contributed by atoms with Crippen LogP contribution < -0.4 is 5.32 Å². The molecule has 0 saturated heterocycles. The smallest absolute Gasteiger partial charge is 0.203 e. The van der Waals surface area contributed by atoms with E-state index in [4.69, 9.17) is 0 Å². The minimum absolute atomic E-state index is 0.639. The summed E-state index contributed by atoms with van der Waals surface area (Å²) in [6, 6.07) is 1.32. The molecule has 112 valence electrons. The Morgan fingerprint density at radius 2 is 1.45 bits per heavy atom. The molecule has 0 amide bonds. The molecule has 0 aliphatic heterocycles. The summed E-state index contributed by atoms with van der Waals surface area (Å²) in [5.74, 6) is 1.13. The zero-order valence-electron chi connectivity index (χ0n) is 12.7. The monoisotopic (exact) mass is 275 g/mol. The molecule has 3 heteroatoms. The summed E-state index contributed by atoms with van der Waals surface area (Å²) in [5.41, 5.74) is 0. The van der Waals surface area contributed by atoms with Crippen molar-refractivity contribution in [3.05, 3.63) is 12.4 Å². The first-order chi connectivity index (χ1) is 9.93. The highest BCUT2D eigenvalue weighted by Crippen LogP contribution is 2.31. The molecule has 2 fully saturated rings. The summed E-state index contributed by atoms with van der Waals surface area (Å²) in [6.07, 6.45) is 20.6. The van der Waals surface area contributed by atoms with Crippen molar-refractivity contribution < 1.29 is 0 Å². The van der Waals surface area contributed by atoms with Crippen LogP contribution in [0.3, 0.4) is 0 Å². The molecule has 2 saturated carbocycles. The van der Waals surface area contributed by atoms with Gasteiger partial charge in [0.25, 0.3) is 0 Å². The number of nitrogens with one attached hydrogen (secondary N) is 1. The van der Waals surface area contributed by atoms with Gasteiger partial charge in [-0.3, -0.25) is 0 Å². The van der Waals surface area contributed by atoms with Gasteiger partial charge in [0, 0.05) is 24.5 Å². The summed E-state index contributed by atoms with van der Waals surface area (Å²) < 4.78 is 2.41. The predicted molar refractivity (Wildman–Crippen MR) is 84.1 cm³/mol. The highest BCUT2D eigenvalue weighted by Gasteiger charge is 2.19. The Labute approximate surface area is 123 Å². The van der Waals surface area contributed by atoms with Gasteiger partial charge in [0.05, 0.1) is 0 Å². The molecule has 2 aliphatic carbocycles. The van der Waals surface area contributed by atoms with Crippen molar-refractivity contribution in [3.63, 3.8) is 0 Å². The van der Waals surface area contributed by atoms with Crippen LogP contribution in [0.4, 0.5) is 5.95 Å². The van der Waals surface area contributed by atoms with Gasteiger partial charge in [0.15, 0.2) is 0 Å². The first-order valence-corrected chi connectivity index (χ1v) is 8.73. The van der Waals surface area contributed by atoms with Crippen LogP contribution in [0.25, 0.3) is 0 Å². The molecule has 1 aromatic rings. The van der Waals surface area contributed by atoms with Crippen LogP contribution in [0.2, 0.25) is 0 Å². The lowest BCUT2D eigenvalue weighted by molar-refractivity contribution is 0.354. The predicted octanol–water partition coefficient (Wildman–Crippen LogP) is 4.91. The van der Waals surface area contributed by atoms with Gasteiger partial charge in [-0.1, -0.05) is 51.4 Å². The molecular weight excluding hydrogens is 246 g/mol. The van der Waals surface area contributed by atoms with Crippen LogP contribution in [-0.4, -0.2) is 15.6 Å². The molecule has 0 bridgehead atoms. The number of aromatic nitrogens is 2. The van der Waals surface area contributed by atoms with Crippen LogP contribution in [-0.2, 0) is 0 Å². The number of imidazole rings is 1. The van der Waals surface area contributed by atoms with E-state index >= 15 is 0 Å². The van der Waals surface area contributed by atoms with Gasteiger partial charge in [-0.05, 0) is 25.7 Å². The fourth-order valence-electron chi connectivity index (χ4n) is 3.86. The maximum Gasteiger partial charge on any atom is 0.203 e. The maximum absolute atomic E-state index is 4.59. The number of rotatable bonds is 3. The van der Waals surface area contributed by atoms with Gasteiger partial charge in [-0.15, -0.1) is 0 Å². The SMILES string of the molecule is c1cn(C2CCCCC2)c(NC2CCCCCCC2)n1. The van der Waals surface area contributed by atoms with Crippen LogP contribution >= 0.6 is 0 Å². The van der Waals surface area contributed by atoms with Crippen molar-refractivity contribution in [2.75, 3.05) is 5.32 Å². The van der Waals surface area contributed by atoms with Gasteiger partial charge in [0.2, 0.25) is 5.95 Å². The van der Waals surface area contributed by atoms with Gasteiger partial charge >= 0.3 is 0 Å². The summed E-state index contributed by atoms with van der Waals surface area (Å²) in [7, 11) is 0. The van der Waals surface area contributed by atoms with Crippen LogP contribution in [0.15, 0.2) is 12.4 Å². The Kier molecular flexibility index (Phi) is 4.99. The van der Waals surface area contributed by atoms with Gasteiger partial charge in [-0.25, -0.2) is 4.98 Å². The van der Waals surface area contributed by atoms with Crippen molar-refractivity contribution in [3.8, 4) is 0 Å². The Morgan fingerprint density at radius 3 is 2.20 bits per heavy atom. The van der Waals surface area contributed by atoms with E-state index in [1.165, 1.54) is 77.0 Å². The third-order valence-electron chi connectivity index (χ3n) is 5.08. The van der Waals surface area contributed by atoms with E-state index in [9.17, 15) is 0 Å². The van der Waals surface area contributed by atoms with Crippen LogP contribution in [0.1, 0.15) is 83.1 Å². The average molecular weight is 275 g/mol. The lowest BCUT2D eigenvalue weighted by Crippen LogP contribution is -2.24. The highest BCUT2D eigenvalue weighted by molar-refractivity contribution is 5.28. The molecule has 0 radical (unpaired) electrons. The summed E-state index contributed by atoms with van der Waals surface area (Å²) >= 11 is 0. The van der Waals surface area contributed by atoms with Gasteiger partial charge in [0.1, 0.15) is 0 Å². The molecule has 1 N–H and O–H groups in total. The molecule has 2 aliphatic rings. The quantitative estimate of drug-likeness (QED) is 0.849. The molecule has 20 heavy (non-hydrogen) atoms. The van der Waals surface area contributed by atoms with E-state index in [-0.39, 0.29) is 0 Å². The molecular formula is C17H29N3. The number of hydrogen-bond donors (Lipinski definition) is 1. The van der Waals surface area contributed by atoms with Crippen LogP contribution in [0, 0.1) is 0 Å². The molecule has 3 rings (SSSR count). The Morgan fingerprint density at radius 1 is 0.850 bits per heavy atom. The average Bonchev–Trinajstić information content (AvgIpc) is 2.91. The van der Waals surface area contributed by atoms with Crippen molar-refractivity contribution in [1.82, 2.24) is 9.55 Å². The fraction of sp³-hybridized carbons (Fsp3) is 0.824. The third kappa shape index (κ3) is 3.56. The summed E-state index contributed by atoms with van der Waals surface area (Å²) in [5, 5.41) is 3.75. The lowest BCUT2D eigenvalue weighted by Gasteiger charge is -2.27. The Balaban J connectivity index is 1.62. The van der Waals surface area contributed by atoms with Crippen molar-refractivity contribution in [1.29, 1.82) is 0 Å². The standard InChI is InChI=1S/C17H29N3/c1-2-5-9-15(10-6-3-1)19-17-18-13-14-20(17)16-11-7-4-8-12-16/h13-16H,1-12H2,(H,18,19). The largest absolute Gasteiger partial charge is 0.353 e. The number of nitrogens with zero attached hydrogens (tertiary/aromatic N) is 2. The van der Waals surface area contributed by atoms with Crippen molar-refractivity contribution in [2.24, 2.45) is 0 Å².